The second-order valence-corrected chi connectivity index (χ2v) is 6.80. The molecule has 0 spiro atoms. The van der Waals surface area contributed by atoms with Crippen LogP contribution in [0.15, 0.2) is 58.1 Å². The van der Waals surface area contributed by atoms with Crippen LogP contribution in [0.5, 0.6) is 11.5 Å². The van der Waals surface area contributed by atoms with Crippen molar-refractivity contribution in [2.24, 2.45) is 5.10 Å². The maximum atomic E-state index is 12.3. The number of hydrogen-bond acceptors (Lipinski definition) is 5. The van der Waals surface area contributed by atoms with Crippen LogP contribution in [0.25, 0.3) is 17.0 Å². The van der Waals surface area contributed by atoms with E-state index in [0.717, 1.165) is 10.9 Å². The minimum Gasteiger partial charge on any atom is -0.507 e. The van der Waals surface area contributed by atoms with Gasteiger partial charge in [-0.05, 0) is 56.3 Å². The predicted molar refractivity (Wildman–Crippen MR) is 103 cm³/mol. The standard InChI is InChI=1S/C21H18N2O4/c1-21(2)10-9-15-17(27-21)8-7-13-11-18(26-19(13)15)20(25)23-22-12-14-5-3-4-6-16(14)24/h3-12,24H,1-2H3,(H,23,25)/b22-12+. The van der Waals surface area contributed by atoms with Gasteiger partial charge in [-0.25, -0.2) is 5.43 Å². The van der Waals surface area contributed by atoms with Gasteiger partial charge in [-0.2, -0.15) is 5.10 Å². The lowest BCUT2D eigenvalue weighted by Gasteiger charge is -2.27. The number of benzene rings is 2. The zero-order chi connectivity index (χ0) is 19.0. The molecule has 0 bridgehead atoms. The van der Waals surface area contributed by atoms with Crippen molar-refractivity contribution in [3.05, 3.63) is 65.4 Å². The van der Waals surface area contributed by atoms with E-state index in [1.54, 1.807) is 30.3 Å². The topological polar surface area (TPSA) is 84.1 Å². The molecular weight excluding hydrogens is 344 g/mol. The highest BCUT2D eigenvalue weighted by Gasteiger charge is 2.24. The zero-order valence-corrected chi connectivity index (χ0v) is 14.9. The van der Waals surface area contributed by atoms with Crippen molar-refractivity contribution in [2.45, 2.75) is 19.4 Å². The summed E-state index contributed by atoms with van der Waals surface area (Å²) in [5, 5.41) is 14.4. The van der Waals surface area contributed by atoms with Crippen LogP contribution in [0.3, 0.4) is 0 Å². The van der Waals surface area contributed by atoms with E-state index in [0.29, 0.717) is 16.9 Å². The molecule has 3 aromatic rings. The van der Waals surface area contributed by atoms with E-state index in [4.69, 9.17) is 9.15 Å². The number of hydrogen-bond donors (Lipinski definition) is 2. The molecule has 2 aromatic carbocycles. The first-order valence-corrected chi connectivity index (χ1v) is 8.49. The van der Waals surface area contributed by atoms with Crippen molar-refractivity contribution in [2.75, 3.05) is 0 Å². The van der Waals surface area contributed by atoms with Gasteiger partial charge in [-0.15, -0.1) is 0 Å². The monoisotopic (exact) mass is 362 g/mol. The Balaban J connectivity index is 1.58. The van der Waals surface area contributed by atoms with E-state index in [1.165, 1.54) is 6.21 Å². The molecule has 6 nitrogen and oxygen atoms in total. The SMILES string of the molecule is CC1(C)C=Cc2c(ccc3cc(C(=O)N/N=C/c4ccccc4O)oc23)O1. The number of hydrazone groups is 1. The van der Waals surface area contributed by atoms with E-state index >= 15 is 0 Å². The molecule has 1 amide bonds. The van der Waals surface area contributed by atoms with Gasteiger partial charge in [-0.1, -0.05) is 12.1 Å². The molecule has 2 heterocycles. The molecule has 1 aliphatic heterocycles. The normalized spacial score (nSPS) is 14.9. The van der Waals surface area contributed by atoms with Crippen molar-refractivity contribution < 1.29 is 19.1 Å². The van der Waals surface area contributed by atoms with Gasteiger partial charge in [0.15, 0.2) is 5.76 Å². The Hall–Kier alpha value is -3.54. The third-order valence-electron chi connectivity index (χ3n) is 4.24. The fourth-order valence-electron chi connectivity index (χ4n) is 2.88. The molecule has 1 aliphatic rings. The van der Waals surface area contributed by atoms with Gasteiger partial charge in [0.1, 0.15) is 22.7 Å². The van der Waals surface area contributed by atoms with Gasteiger partial charge in [0.05, 0.1) is 11.8 Å². The molecule has 0 saturated carbocycles. The second-order valence-electron chi connectivity index (χ2n) is 6.80. The quantitative estimate of drug-likeness (QED) is 0.543. The molecule has 0 aliphatic carbocycles. The first-order chi connectivity index (χ1) is 12.9. The Morgan fingerprint density at radius 2 is 2.04 bits per heavy atom. The molecule has 0 unspecified atom stereocenters. The minimum atomic E-state index is -0.479. The summed E-state index contributed by atoms with van der Waals surface area (Å²) in [6, 6.07) is 12.1. The van der Waals surface area contributed by atoms with Crippen molar-refractivity contribution in [1.29, 1.82) is 0 Å². The highest BCUT2D eigenvalue weighted by Crippen LogP contribution is 2.37. The van der Waals surface area contributed by atoms with E-state index < -0.39 is 5.91 Å². The van der Waals surface area contributed by atoms with E-state index in [2.05, 4.69) is 10.5 Å². The van der Waals surface area contributed by atoms with E-state index in [9.17, 15) is 9.90 Å². The Labute approximate surface area is 155 Å². The van der Waals surface area contributed by atoms with E-state index in [-0.39, 0.29) is 17.1 Å². The first kappa shape index (κ1) is 16.9. The summed E-state index contributed by atoms with van der Waals surface area (Å²) in [5.41, 5.74) is 3.92. The third kappa shape index (κ3) is 3.29. The molecule has 4 rings (SSSR count). The lowest BCUT2D eigenvalue weighted by Crippen LogP contribution is -2.27. The Kier molecular flexibility index (Phi) is 3.96. The van der Waals surface area contributed by atoms with Gasteiger partial charge >= 0.3 is 5.91 Å². The van der Waals surface area contributed by atoms with Gasteiger partial charge < -0.3 is 14.3 Å². The maximum absolute atomic E-state index is 12.3. The number of rotatable bonds is 3. The summed E-state index contributed by atoms with van der Waals surface area (Å²) in [4.78, 5) is 12.3. The number of nitrogens with one attached hydrogen (secondary N) is 1. The number of furan rings is 1. The molecule has 6 heteroatoms. The van der Waals surface area contributed by atoms with Crippen LogP contribution in [0, 0.1) is 0 Å². The number of nitrogens with zero attached hydrogens (tertiary/aromatic N) is 1. The molecule has 0 saturated heterocycles. The average Bonchev–Trinajstić information content (AvgIpc) is 3.07. The molecule has 0 radical (unpaired) electrons. The van der Waals surface area contributed by atoms with Gasteiger partial charge in [0.25, 0.3) is 0 Å². The number of carbonyl (C=O) groups is 1. The minimum absolute atomic E-state index is 0.0839. The second kappa shape index (κ2) is 6.32. The number of para-hydroxylation sites is 1. The fourth-order valence-corrected chi connectivity index (χ4v) is 2.88. The summed E-state index contributed by atoms with van der Waals surface area (Å²) in [5.74, 6) is 0.466. The highest BCUT2D eigenvalue weighted by atomic mass is 16.5. The predicted octanol–water partition coefficient (Wildman–Crippen LogP) is 4.09. The number of phenolic OH excluding ortho intramolecular Hbond substituents is 1. The van der Waals surface area contributed by atoms with Gasteiger partial charge in [0, 0.05) is 10.9 Å². The Bertz CT molecular complexity index is 1090. The first-order valence-electron chi connectivity index (χ1n) is 8.49. The number of ether oxygens (including phenoxy) is 1. The number of aromatic hydroxyl groups is 1. The molecule has 27 heavy (non-hydrogen) atoms. The molecule has 0 fully saturated rings. The van der Waals surface area contributed by atoms with Crippen LogP contribution in [-0.2, 0) is 0 Å². The summed E-state index contributed by atoms with van der Waals surface area (Å²) in [6.07, 6.45) is 5.27. The maximum Gasteiger partial charge on any atom is 0.307 e. The van der Waals surface area contributed by atoms with Gasteiger partial charge in [0.2, 0.25) is 0 Å². The van der Waals surface area contributed by atoms with Crippen LogP contribution < -0.4 is 10.2 Å². The lowest BCUT2D eigenvalue weighted by atomic mass is 10.0. The molecule has 1 aromatic heterocycles. The summed E-state index contributed by atoms with van der Waals surface area (Å²) in [7, 11) is 0. The molecule has 0 atom stereocenters. The Morgan fingerprint density at radius 1 is 1.22 bits per heavy atom. The fraction of sp³-hybridized carbons (Fsp3) is 0.143. The van der Waals surface area contributed by atoms with Crippen LogP contribution in [0.2, 0.25) is 0 Å². The zero-order valence-electron chi connectivity index (χ0n) is 14.9. The average molecular weight is 362 g/mol. The largest absolute Gasteiger partial charge is 0.507 e. The molecular formula is C21H18N2O4. The van der Waals surface area contributed by atoms with Crippen molar-refractivity contribution >= 4 is 29.2 Å². The molecule has 136 valence electrons. The van der Waals surface area contributed by atoms with Crippen LogP contribution >= 0.6 is 0 Å². The smallest absolute Gasteiger partial charge is 0.307 e. The summed E-state index contributed by atoms with van der Waals surface area (Å²) in [6.45, 7) is 3.94. The van der Waals surface area contributed by atoms with Crippen molar-refractivity contribution in [3.63, 3.8) is 0 Å². The summed E-state index contributed by atoms with van der Waals surface area (Å²) >= 11 is 0. The van der Waals surface area contributed by atoms with Crippen LogP contribution in [0.1, 0.15) is 35.5 Å². The number of phenols is 1. The Morgan fingerprint density at radius 3 is 2.85 bits per heavy atom. The number of amides is 1. The van der Waals surface area contributed by atoms with E-state index in [1.807, 2.05) is 38.1 Å². The number of fused-ring (bicyclic) bond motifs is 3. The highest BCUT2D eigenvalue weighted by molar-refractivity contribution is 5.99. The van der Waals surface area contributed by atoms with Crippen molar-refractivity contribution in [3.8, 4) is 11.5 Å². The van der Waals surface area contributed by atoms with Crippen LogP contribution in [0.4, 0.5) is 0 Å². The third-order valence-corrected chi connectivity index (χ3v) is 4.24. The van der Waals surface area contributed by atoms with Crippen molar-refractivity contribution in [1.82, 2.24) is 5.43 Å². The molecule has 2 N–H and O–H groups in total. The summed E-state index contributed by atoms with van der Waals surface area (Å²) < 4.78 is 11.7. The van der Waals surface area contributed by atoms with Gasteiger partial charge in [-0.3, -0.25) is 4.79 Å². The lowest BCUT2D eigenvalue weighted by molar-refractivity contribution is 0.0929. The number of carbonyl (C=O) groups excluding carboxylic acids is 1. The van der Waals surface area contributed by atoms with Crippen LogP contribution in [-0.4, -0.2) is 22.8 Å².